The van der Waals surface area contributed by atoms with E-state index in [-0.39, 0.29) is 35.8 Å². The highest BCUT2D eigenvalue weighted by molar-refractivity contribution is 9.10. The number of carbonyl (C=O) groups excluding carboxylic acids is 1. The Hall–Kier alpha value is -1.35. The number of hydrogen-bond donors (Lipinski definition) is 1. The van der Waals surface area contributed by atoms with E-state index in [4.69, 9.17) is 23.2 Å². The minimum atomic E-state index is -3.63. The molecule has 0 fully saturated rings. The summed E-state index contributed by atoms with van der Waals surface area (Å²) in [4.78, 5) is 12.0. The van der Waals surface area contributed by atoms with Gasteiger partial charge in [-0.3, -0.25) is 9.10 Å². The zero-order chi connectivity index (χ0) is 20.2. The second kappa shape index (κ2) is 9.23. The average molecular weight is 498 g/mol. The van der Waals surface area contributed by atoms with Gasteiger partial charge < -0.3 is 5.32 Å². The quantitative estimate of drug-likeness (QED) is 0.580. The first-order valence-electron chi connectivity index (χ1n) is 7.75. The Morgan fingerprint density at radius 3 is 2.56 bits per heavy atom. The van der Waals surface area contributed by atoms with Gasteiger partial charge in [-0.1, -0.05) is 39.1 Å². The molecule has 0 spiro atoms. The molecule has 2 aromatic rings. The summed E-state index contributed by atoms with van der Waals surface area (Å²) in [5.41, 5.74) is 0.298. The van der Waals surface area contributed by atoms with Gasteiger partial charge in [-0.25, -0.2) is 12.8 Å². The van der Waals surface area contributed by atoms with Crippen LogP contribution < -0.4 is 9.62 Å². The van der Waals surface area contributed by atoms with Crippen molar-refractivity contribution in [3.63, 3.8) is 0 Å². The van der Waals surface area contributed by atoms with Gasteiger partial charge in [0.1, 0.15) is 5.82 Å². The van der Waals surface area contributed by atoms with Crippen molar-refractivity contribution in [3.05, 3.63) is 56.7 Å². The van der Waals surface area contributed by atoms with E-state index in [9.17, 15) is 17.6 Å². The molecule has 0 radical (unpaired) electrons. The molecule has 0 unspecified atom stereocenters. The van der Waals surface area contributed by atoms with Gasteiger partial charge >= 0.3 is 0 Å². The van der Waals surface area contributed by atoms with Crippen molar-refractivity contribution in [2.24, 2.45) is 0 Å². The molecule has 0 atom stereocenters. The van der Waals surface area contributed by atoms with Crippen molar-refractivity contribution >= 4 is 66.4 Å². The van der Waals surface area contributed by atoms with Crippen LogP contribution in [0.15, 0.2) is 40.9 Å². The van der Waals surface area contributed by atoms with Crippen molar-refractivity contribution in [2.45, 2.75) is 12.8 Å². The first kappa shape index (κ1) is 21.9. The van der Waals surface area contributed by atoms with Gasteiger partial charge in [-0.2, -0.15) is 0 Å². The number of anilines is 2. The monoisotopic (exact) mass is 496 g/mol. The molecule has 27 heavy (non-hydrogen) atoms. The lowest BCUT2D eigenvalue weighted by Crippen LogP contribution is -2.31. The van der Waals surface area contributed by atoms with Crippen LogP contribution in [0.25, 0.3) is 0 Å². The molecular weight excluding hydrogens is 482 g/mol. The summed E-state index contributed by atoms with van der Waals surface area (Å²) < 4.78 is 39.6. The Morgan fingerprint density at radius 2 is 1.93 bits per heavy atom. The molecule has 0 saturated carbocycles. The Morgan fingerprint density at radius 1 is 1.22 bits per heavy atom. The molecular formula is C17H16BrCl2FN2O3S. The molecule has 0 aliphatic heterocycles. The van der Waals surface area contributed by atoms with Gasteiger partial charge in [-0.05, 0) is 42.8 Å². The van der Waals surface area contributed by atoms with E-state index in [1.54, 1.807) is 12.1 Å². The predicted molar refractivity (Wildman–Crippen MR) is 111 cm³/mol. The normalized spacial score (nSPS) is 11.3. The van der Waals surface area contributed by atoms with Crippen LogP contribution in [0.5, 0.6) is 0 Å². The first-order valence-corrected chi connectivity index (χ1v) is 11.2. The summed E-state index contributed by atoms with van der Waals surface area (Å²) in [6.07, 6.45) is 1.25. The van der Waals surface area contributed by atoms with E-state index in [1.807, 2.05) is 0 Å². The number of halogens is 4. The Balaban J connectivity index is 2.03. The maximum absolute atomic E-state index is 13.8. The average Bonchev–Trinajstić information content (AvgIpc) is 2.56. The summed E-state index contributed by atoms with van der Waals surface area (Å²) >= 11 is 15.2. The molecule has 0 bridgehead atoms. The molecule has 0 aliphatic rings. The highest BCUT2D eigenvalue weighted by Gasteiger charge is 2.20. The van der Waals surface area contributed by atoms with Crippen molar-refractivity contribution in [1.29, 1.82) is 0 Å². The van der Waals surface area contributed by atoms with Crippen LogP contribution in [0.2, 0.25) is 10.0 Å². The van der Waals surface area contributed by atoms with Crippen LogP contribution in [0.1, 0.15) is 12.8 Å². The number of carbonyl (C=O) groups is 1. The fourth-order valence-electron chi connectivity index (χ4n) is 2.33. The minimum absolute atomic E-state index is 0.000289. The largest absolute Gasteiger partial charge is 0.324 e. The van der Waals surface area contributed by atoms with Crippen LogP contribution in [-0.2, 0) is 14.8 Å². The molecule has 1 amide bonds. The summed E-state index contributed by atoms with van der Waals surface area (Å²) in [5, 5.41) is 3.03. The van der Waals surface area contributed by atoms with E-state index in [0.29, 0.717) is 9.50 Å². The van der Waals surface area contributed by atoms with Crippen LogP contribution in [0, 0.1) is 5.82 Å². The third-order valence-electron chi connectivity index (χ3n) is 3.55. The SMILES string of the molecule is CS(=O)(=O)N(CCCC(=O)Nc1ccc(Br)cc1F)c1cc(Cl)ccc1Cl. The lowest BCUT2D eigenvalue weighted by molar-refractivity contribution is -0.116. The summed E-state index contributed by atoms with van der Waals surface area (Å²) in [7, 11) is -3.63. The number of nitrogens with zero attached hydrogens (tertiary/aromatic N) is 1. The maximum atomic E-state index is 13.8. The Bertz CT molecular complexity index is 957. The molecule has 0 aromatic heterocycles. The standard InChI is InChI=1S/C17H16BrCl2FN2O3S/c1-27(25,26)23(16-10-12(19)5-6-13(16)20)8-2-3-17(24)22-15-7-4-11(18)9-14(15)21/h4-7,9-10H,2-3,8H2,1H3,(H,22,24). The van der Waals surface area contributed by atoms with Gasteiger partial charge in [0.05, 0.1) is 22.7 Å². The van der Waals surface area contributed by atoms with Crippen LogP contribution in [-0.4, -0.2) is 27.1 Å². The zero-order valence-corrected chi connectivity index (χ0v) is 18.1. The topological polar surface area (TPSA) is 66.5 Å². The van der Waals surface area contributed by atoms with E-state index in [0.717, 1.165) is 10.6 Å². The number of sulfonamides is 1. The van der Waals surface area contributed by atoms with Gasteiger partial charge in [0.15, 0.2) is 0 Å². The van der Waals surface area contributed by atoms with Crippen molar-refractivity contribution in [1.82, 2.24) is 0 Å². The second-order valence-electron chi connectivity index (χ2n) is 5.71. The molecule has 2 rings (SSSR count). The van der Waals surface area contributed by atoms with Crippen molar-refractivity contribution in [3.8, 4) is 0 Å². The van der Waals surface area contributed by atoms with Crippen molar-refractivity contribution in [2.75, 3.05) is 22.4 Å². The summed E-state index contributed by atoms with van der Waals surface area (Å²) in [6, 6.07) is 8.77. The summed E-state index contributed by atoms with van der Waals surface area (Å²) in [5.74, 6) is -0.997. The molecule has 146 valence electrons. The highest BCUT2D eigenvalue weighted by atomic mass is 79.9. The molecule has 1 N–H and O–H groups in total. The third-order valence-corrected chi connectivity index (χ3v) is 5.78. The smallest absolute Gasteiger partial charge is 0.232 e. The number of nitrogens with one attached hydrogen (secondary N) is 1. The third kappa shape index (κ3) is 6.34. The summed E-state index contributed by atoms with van der Waals surface area (Å²) in [6.45, 7) is 0.0230. The van der Waals surface area contributed by atoms with Crippen LogP contribution in [0.3, 0.4) is 0 Å². The Kier molecular flexibility index (Phi) is 7.50. The number of amides is 1. The molecule has 5 nitrogen and oxygen atoms in total. The molecule has 10 heteroatoms. The van der Waals surface area contributed by atoms with Gasteiger partial charge in [0.2, 0.25) is 15.9 Å². The minimum Gasteiger partial charge on any atom is -0.324 e. The first-order chi connectivity index (χ1) is 12.6. The predicted octanol–water partition coefficient (Wildman–Crippen LogP) is 5.08. The van der Waals surface area contributed by atoms with Crippen LogP contribution in [0.4, 0.5) is 15.8 Å². The fraction of sp³-hybridized carbons (Fsp3) is 0.235. The number of hydrogen-bond acceptors (Lipinski definition) is 3. The second-order valence-corrected chi connectivity index (χ2v) is 9.37. The maximum Gasteiger partial charge on any atom is 0.232 e. The highest BCUT2D eigenvalue weighted by Crippen LogP contribution is 2.31. The molecule has 0 aliphatic carbocycles. The molecule has 0 saturated heterocycles. The Labute approximate surface area is 175 Å². The fourth-order valence-corrected chi connectivity index (χ4v) is 4.07. The molecule has 2 aromatic carbocycles. The number of benzene rings is 2. The van der Waals surface area contributed by atoms with E-state index >= 15 is 0 Å². The van der Waals surface area contributed by atoms with E-state index in [1.165, 1.54) is 24.3 Å². The molecule has 0 heterocycles. The van der Waals surface area contributed by atoms with Crippen molar-refractivity contribution < 1.29 is 17.6 Å². The van der Waals surface area contributed by atoms with Crippen LogP contribution >= 0.6 is 39.1 Å². The lowest BCUT2D eigenvalue weighted by Gasteiger charge is -2.23. The van der Waals surface area contributed by atoms with Gasteiger partial charge in [-0.15, -0.1) is 0 Å². The van der Waals surface area contributed by atoms with E-state index in [2.05, 4.69) is 21.2 Å². The van der Waals surface area contributed by atoms with Gasteiger partial charge in [0.25, 0.3) is 0 Å². The van der Waals surface area contributed by atoms with E-state index < -0.39 is 21.7 Å². The lowest BCUT2D eigenvalue weighted by atomic mass is 10.2. The van der Waals surface area contributed by atoms with Gasteiger partial charge in [0, 0.05) is 22.5 Å². The zero-order valence-electron chi connectivity index (χ0n) is 14.2. The number of rotatable bonds is 7.